The van der Waals surface area contributed by atoms with Crippen LogP contribution in [0.2, 0.25) is 0 Å². The number of nitrogens with zero attached hydrogens (tertiary/aromatic N) is 2. The highest BCUT2D eigenvalue weighted by molar-refractivity contribution is 6.05. The van der Waals surface area contributed by atoms with Crippen molar-refractivity contribution in [1.82, 2.24) is 9.80 Å². The van der Waals surface area contributed by atoms with Crippen LogP contribution in [0.15, 0.2) is 11.1 Å². The Morgan fingerprint density at radius 1 is 1.13 bits per heavy atom. The third-order valence-corrected chi connectivity index (χ3v) is 6.05. The predicted molar refractivity (Wildman–Crippen MR) is 90.8 cm³/mol. The van der Waals surface area contributed by atoms with Crippen molar-refractivity contribution in [3.63, 3.8) is 0 Å². The van der Waals surface area contributed by atoms with Crippen LogP contribution >= 0.6 is 0 Å². The molecular formula is C19H30N2O2. The number of likely N-dealkylation sites (tertiary alicyclic amines) is 1. The van der Waals surface area contributed by atoms with Gasteiger partial charge in [-0.05, 0) is 64.6 Å². The Hall–Kier alpha value is -1.16. The van der Waals surface area contributed by atoms with Crippen molar-refractivity contribution in [2.45, 2.75) is 52.4 Å². The number of carbonyl (C=O) groups excluding carboxylic acids is 2. The van der Waals surface area contributed by atoms with E-state index in [4.69, 9.17) is 0 Å². The minimum absolute atomic E-state index is 0.0745. The number of allylic oxidation sites excluding steroid dienone is 2. The minimum Gasteiger partial charge on any atom is -0.309 e. The monoisotopic (exact) mass is 318 g/mol. The molecule has 1 fully saturated rings. The molecule has 0 bridgehead atoms. The molecule has 4 nitrogen and oxygen atoms in total. The highest BCUT2D eigenvalue weighted by Gasteiger charge is 2.51. The summed E-state index contributed by atoms with van der Waals surface area (Å²) < 4.78 is 0. The summed E-state index contributed by atoms with van der Waals surface area (Å²) in [6, 6.07) is 0. The number of amides is 2. The van der Waals surface area contributed by atoms with E-state index in [1.165, 1.54) is 24.0 Å². The largest absolute Gasteiger partial charge is 0.309 e. The van der Waals surface area contributed by atoms with Gasteiger partial charge in [0.2, 0.25) is 11.8 Å². The minimum atomic E-state index is -0.0852. The number of rotatable bonds is 4. The SMILES string of the molecule is CN(C)CCCN1C(=O)[C@@H]2CC3=C(C[C@H]2C1=O)C(C)(C)CCC3. The van der Waals surface area contributed by atoms with Crippen LogP contribution in [-0.4, -0.2) is 48.8 Å². The van der Waals surface area contributed by atoms with Crippen molar-refractivity contribution in [3.8, 4) is 0 Å². The molecule has 3 aliphatic rings. The average molecular weight is 318 g/mol. The van der Waals surface area contributed by atoms with Gasteiger partial charge in [0.1, 0.15) is 0 Å². The van der Waals surface area contributed by atoms with Gasteiger partial charge in [-0.3, -0.25) is 14.5 Å². The lowest BCUT2D eigenvalue weighted by Crippen LogP contribution is -2.33. The summed E-state index contributed by atoms with van der Waals surface area (Å²) in [4.78, 5) is 29.2. The first-order chi connectivity index (χ1) is 10.8. The standard InChI is InChI=1S/C19H30N2O2/c1-19(2)8-5-7-13-11-14-15(12-16(13)19)18(23)21(17(14)22)10-6-9-20(3)4/h14-15H,5-12H2,1-4H3/t14-,15-/m1/s1. The van der Waals surface area contributed by atoms with Crippen LogP contribution in [0.25, 0.3) is 0 Å². The highest BCUT2D eigenvalue weighted by atomic mass is 16.2. The van der Waals surface area contributed by atoms with Crippen molar-refractivity contribution in [1.29, 1.82) is 0 Å². The van der Waals surface area contributed by atoms with E-state index in [1.54, 1.807) is 4.90 Å². The van der Waals surface area contributed by atoms with Crippen LogP contribution in [0.3, 0.4) is 0 Å². The molecule has 1 heterocycles. The molecule has 1 saturated heterocycles. The van der Waals surface area contributed by atoms with Gasteiger partial charge >= 0.3 is 0 Å². The molecule has 0 aromatic heterocycles. The Balaban J connectivity index is 1.75. The second-order valence-corrected chi connectivity index (χ2v) is 8.43. The molecular weight excluding hydrogens is 288 g/mol. The quantitative estimate of drug-likeness (QED) is 0.591. The predicted octanol–water partition coefficient (Wildman–Crippen LogP) is 2.84. The van der Waals surface area contributed by atoms with Crippen molar-refractivity contribution in [3.05, 3.63) is 11.1 Å². The lowest BCUT2D eigenvalue weighted by molar-refractivity contribution is -0.140. The molecule has 4 heteroatoms. The van der Waals surface area contributed by atoms with E-state index in [0.717, 1.165) is 32.2 Å². The Morgan fingerprint density at radius 3 is 2.43 bits per heavy atom. The Labute approximate surface area is 139 Å². The van der Waals surface area contributed by atoms with Gasteiger partial charge in [0.05, 0.1) is 11.8 Å². The first-order valence-electron chi connectivity index (χ1n) is 9.02. The average Bonchev–Trinajstić information content (AvgIpc) is 2.70. The lowest BCUT2D eigenvalue weighted by Gasteiger charge is -2.40. The van der Waals surface area contributed by atoms with Gasteiger partial charge in [-0.15, -0.1) is 0 Å². The third kappa shape index (κ3) is 2.98. The number of imide groups is 1. The van der Waals surface area contributed by atoms with Gasteiger partial charge < -0.3 is 4.90 Å². The third-order valence-electron chi connectivity index (χ3n) is 6.05. The Bertz CT molecular complexity index is 548. The summed E-state index contributed by atoms with van der Waals surface area (Å²) >= 11 is 0. The van der Waals surface area contributed by atoms with Crippen molar-refractivity contribution in [2.24, 2.45) is 17.3 Å². The molecule has 0 saturated carbocycles. The fourth-order valence-corrected chi connectivity index (χ4v) is 4.73. The van der Waals surface area contributed by atoms with Crippen molar-refractivity contribution < 1.29 is 9.59 Å². The first-order valence-corrected chi connectivity index (χ1v) is 9.02. The maximum absolute atomic E-state index is 12.8. The van der Waals surface area contributed by atoms with Crippen LogP contribution in [0, 0.1) is 17.3 Å². The van der Waals surface area contributed by atoms with E-state index in [-0.39, 0.29) is 29.1 Å². The summed E-state index contributed by atoms with van der Waals surface area (Å²) in [5.41, 5.74) is 3.18. The molecule has 0 N–H and O–H groups in total. The van der Waals surface area contributed by atoms with E-state index in [1.807, 2.05) is 14.1 Å². The summed E-state index contributed by atoms with van der Waals surface area (Å²) in [5.74, 6) is 0.0212. The lowest BCUT2D eigenvalue weighted by atomic mass is 9.63. The number of carbonyl (C=O) groups is 2. The van der Waals surface area contributed by atoms with Gasteiger partial charge in [-0.2, -0.15) is 0 Å². The molecule has 3 rings (SSSR count). The van der Waals surface area contributed by atoms with Gasteiger partial charge in [0.25, 0.3) is 0 Å². The second-order valence-electron chi connectivity index (χ2n) is 8.43. The molecule has 0 unspecified atom stereocenters. The second kappa shape index (κ2) is 6.04. The zero-order valence-corrected chi connectivity index (χ0v) is 15.0. The fraction of sp³-hybridized carbons (Fsp3) is 0.789. The van der Waals surface area contributed by atoms with E-state index in [2.05, 4.69) is 18.7 Å². The Kier molecular flexibility index (Phi) is 4.39. The van der Waals surface area contributed by atoms with Crippen molar-refractivity contribution in [2.75, 3.05) is 27.2 Å². The van der Waals surface area contributed by atoms with Crippen LogP contribution in [0.4, 0.5) is 0 Å². The van der Waals surface area contributed by atoms with Crippen LogP contribution in [0.5, 0.6) is 0 Å². The molecule has 1 aliphatic heterocycles. The summed E-state index contributed by atoms with van der Waals surface area (Å²) in [6.07, 6.45) is 6.07. The van der Waals surface area contributed by atoms with E-state index in [0.29, 0.717) is 6.54 Å². The molecule has 2 atom stereocenters. The van der Waals surface area contributed by atoms with Crippen LogP contribution < -0.4 is 0 Å². The smallest absolute Gasteiger partial charge is 0.233 e. The molecule has 0 aromatic carbocycles. The first kappa shape index (κ1) is 16.7. The van der Waals surface area contributed by atoms with Gasteiger partial charge in [-0.1, -0.05) is 25.0 Å². The molecule has 2 aliphatic carbocycles. The molecule has 0 radical (unpaired) electrons. The number of fused-ring (bicyclic) bond motifs is 1. The highest BCUT2D eigenvalue weighted by Crippen LogP contribution is 2.51. The van der Waals surface area contributed by atoms with Crippen LogP contribution in [0.1, 0.15) is 52.4 Å². The molecule has 2 amide bonds. The maximum atomic E-state index is 12.8. The van der Waals surface area contributed by atoms with E-state index >= 15 is 0 Å². The van der Waals surface area contributed by atoms with Crippen LogP contribution in [-0.2, 0) is 9.59 Å². The van der Waals surface area contributed by atoms with E-state index in [9.17, 15) is 9.59 Å². The molecule has 23 heavy (non-hydrogen) atoms. The summed E-state index contributed by atoms with van der Waals surface area (Å²) in [6.45, 7) is 6.10. The van der Waals surface area contributed by atoms with Gasteiger partial charge in [0.15, 0.2) is 0 Å². The van der Waals surface area contributed by atoms with Gasteiger partial charge in [-0.25, -0.2) is 0 Å². The zero-order chi connectivity index (χ0) is 16.8. The summed E-state index contributed by atoms with van der Waals surface area (Å²) in [5, 5.41) is 0. The van der Waals surface area contributed by atoms with Gasteiger partial charge in [0, 0.05) is 6.54 Å². The Morgan fingerprint density at radius 2 is 1.78 bits per heavy atom. The molecule has 0 spiro atoms. The normalized spacial score (nSPS) is 30.0. The van der Waals surface area contributed by atoms with E-state index < -0.39 is 0 Å². The molecule has 0 aromatic rings. The topological polar surface area (TPSA) is 40.6 Å². The fourth-order valence-electron chi connectivity index (χ4n) is 4.73. The number of hydrogen-bond donors (Lipinski definition) is 0. The maximum Gasteiger partial charge on any atom is 0.233 e. The zero-order valence-electron chi connectivity index (χ0n) is 15.0. The summed E-state index contributed by atoms with van der Waals surface area (Å²) in [7, 11) is 4.04. The molecule has 128 valence electrons. The van der Waals surface area contributed by atoms with Crippen molar-refractivity contribution >= 4 is 11.8 Å². The number of hydrogen-bond acceptors (Lipinski definition) is 3.